The van der Waals surface area contributed by atoms with Crippen LogP contribution in [0.5, 0.6) is 5.75 Å². The lowest BCUT2D eigenvalue weighted by molar-refractivity contribution is 0.303. The number of hydrogen-bond donors (Lipinski definition) is 0. The van der Waals surface area contributed by atoms with Crippen molar-refractivity contribution in [3.8, 4) is 11.8 Å². The van der Waals surface area contributed by atoms with Gasteiger partial charge in [0, 0.05) is 11.8 Å². The molecule has 1 aromatic heterocycles. The predicted molar refractivity (Wildman–Crippen MR) is 69.2 cm³/mol. The second kappa shape index (κ2) is 6.17. The summed E-state index contributed by atoms with van der Waals surface area (Å²) in [7, 11) is 0. The third kappa shape index (κ3) is 3.43. The van der Waals surface area contributed by atoms with Gasteiger partial charge in [-0.25, -0.2) is 9.37 Å². The highest BCUT2D eigenvalue weighted by Crippen LogP contribution is 2.22. The van der Waals surface area contributed by atoms with E-state index < -0.39 is 0 Å². The van der Waals surface area contributed by atoms with Gasteiger partial charge < -0.3 is 4.74 Å². The zero-order valence-electron chi connectivity index (χ0n) is 9.94. The minimum Gasteiger partial charge on any atom is -0.489 e. The van der Waals surface area contributed by atoms with Gasteiger partial charge in [-0.2, -0.15) is 5.26 Å². The van der Waals surface area contributed by atoms with Crippen LogP contribution in [-0.2, 0) is 12.5 Å². The van der Waals surface area contributed by atoms with Gasteiger partial charge in [0.05, 0.1) is 5.88 Å². The molecule has 0 radical (unpaired) electrons. The number of nitrogens with zero attached hydrogens (tertiary/aromatic N) is 2. The molecule has 2 rings (SSSR count). The van der Waals surface area contributed by atoms with Crippen molar-refractivity contribution >= 4 is 11.6 Å². The molecule has 19 heavy (non-hydrogen) atoms. The molecule has 5 heteroatoms. The van der Waals surface area contributed by atoms with Gasteiger partial charge in [0.2, 0.25) is 0 Å². The van der Waals surface area contributed by atoms with E-state index in [4.69, 9.17) is 21.6 Å². The molecule has 0 aliphatic carbocycles. The van der Waals surface area contributed by atoms with Crippen molar-refractivity contribution in [1.29, 1.82) is 5.26 Å². The Morgan fingerprint density at radius 3 is 2.89 bits per heavy atom. The van der Waals surface area contributed by atoms with Gasteiger partial charge in [-0.05, 0) is 35.9 Å². The van der Waals surface area contributed by atoms with Crippen LogP contribution in [0.3, 0.4) is 0 Å². The molecule has 0 fully saturated rings. The smallest absolute Gasteiger partial charge is 0.140 e. The number of benzene rings is 1. The SMILES string of the molecule is N#Cc1cc(COc2ccc(F)cc2CCl)ccn1. The van der Waals surface area contributed by atoms with Crippen LogP contribution in [0.1, 0.15) is 16.8 Å². The van der Waals surface area contributed by atoms with Gasteiger partial charge in [-0.1, -0.05) is 0 Å². The molecule has 0 saturated carbocycles. The van der Waals surface area contributed by atoms with Crippen LogP contribution in [0.4, 0.5) is 4.39 Å². The van der Waals surface area contributed by atoms with Crippen LogP contribution < -0.4 is 4.74 Å². The molecule has 0 aliphatic heterocycles. The topological polar surface area (TPSA) is 45.9 Å². The second-order valence-electron chi connectivity index (χ2n) is 3.84. The Labute approximate surface area is 115 Å². The number of halogens is 2. The van der Waals surface area contributed by atoms with Crippen molar-refractivity contribution < 1.29 is 9.13 Å². The molecule has 1 heterocycles. The maximum Gasteiger partial charge on any atom is 0.140 e. The maximum absolute atomic E-state index is 13.0. The largest absolute Gasteiger partial charge is 0.489 e. The Morgan fingerprint density at radius 1 is 1.32 bits per heavy atom. The summed E-state index contributed by atoms with van der Waals surface area (Å²) in [5, 5.41) is 8.75. The summed E-state index contributed by atoms with van der Waals surface area (Å²) in [6.45, 7) is 0.271. The zero-order valence-corrected chi connectivity index (χ0v) is 10.7. The molecule has 2 aromatic rings. The number of hydrogen-bond acceptors (Lipinski definition) is 3. The van der Waals surface area contributed by atoms with Crippen molar-refractivity contribution in [2.24, 2.45) is 0 Å². The highest BCUT2D eigenvalue weighted by atomic mass is 35.5. The van der Waals surface area contributed by atoms with Gasteiger partial charge in [0.25, 0.3) is 0 Å². The Hall–Kier alpha value is -2.12. The molecule has 3 nitrogen and oxygen atoms in total. The molecular weight excluding hydrogens is 267 g/mol. The van der Waals surface area contributed by atoms with Crippen LogP contribution in [0.2, 0.25) is 0 Å². The maximum atomic E-state index is 13.0. The Bertz CT molecular complexity index is 625. The van der Waals surface area contributed by atoms with E-state index in [9.17, 15) is 4.39 Å². The summed E-state index contributed by atoms with van der Waals surface area (Å²) in [5.74, 6) is 0.359. The fourth-order valence-corrected chi connectivity index (χ4v) is 1.79. The average molecular weight is 277 g/mol. The number of nitriles is 1. The quantitative estimate of drug-likeness (QED) is 0.804. The first-order valence-corrected chi connectivity index (χ1v) is 6.08. The third-order valence-electron chi connectivity index (χ3n) is 2.50. The van der Waals surface area contributed by atoms with E-state index in [1.807, 2.05) is 6.07 Å². The molecule has 0 amide bonds. The molecule has 0 spiro atoms. The second-order valence-corrected chi connectivity index (χ2v) is 4.10. The van der Waals surface area contributed by atoms with E-state index in [0.29, 0.717) is 17.0 Å². The number of pyridine rings is 1. The molecule has 96 valence electrons. The van der Waals surface area contributed by atoms with Crippen molar-refractivity contribution in [1.82, 2.24) is 4.98 Å². The van der Waals surface area contributed by atoms with Crippen molar-refractivity contribution in [3.63, 3.8) is 0 Å². The lowest BCUT2D eigenvalue weighted by Crippen LogP contribution is -1.99. The standard InChI is InChI=1S/C14H10ClFN2O/c15-7-11-6-12(16)1-2-14(11)19-9-10-3-4-18-13(5-10)8-17/h1-6H,7,9H2. The Morgan fingerprint density at radius 2 is 2.16 bits per heavy atom. The lowest BCUT2D eigenvalue weighted by Gasteiger charge is -2.10. The minimum atomic E-state index is -0.348. The van der Waals surface area contributed by atoms with Crippen LogP contribution in [0, 0.1) is 17.1 Å². The molecule has 0 aliphatic rings. The van der Waals surface area contributed by atoms with Gasteiger partial charge in [0.1, 0.15) is 29.9 Å². The van der Waals surface area contributed by atoms with Crippen molar-refractivity contribution in [3.05, 3.63) is 59.2 Å². The predicted octanol–water partition coefficient (Wildman–Crippen LogP) is 3.41. The fraction of sp³-hybridized carbons (Fsp3) is 0.143. The van der Waals surface area contributed by atoms with E-state index in [1.54, 1.807) is 24.4 Å². The number of aromatic nitrogens is 1. The van der Waals surface area contributed by atoms with E-state index in [1.165, 1.54) is 12.1 Å². The summed E-state index contributed by atoms with van der Waals surface area (Å²) in [4.78, 5) is 3.87. The molecule has 0 bridgehead atoms. The highest BCUT2D eigenvalue weighted by molar-refractivity contribution is 6.17. The average Bonchev–Trinajstić information content (AvgIpc) is 2.46. The first-order valence-electron chi connectivity index (χ1n) is 5.55. The van der Waals surface area contributed by atoms with Crippen molar-refractivity contribution in [2.45, 2.75) is 12.5 Å². The third-order valence-corrected chi connectivity index (χ3v) is 2.79. The van der Waals surface area contributed by atoms with Gasteiger partial charge in [-0.3, -0.25) is 0 Å². The van der Waals surface area contributed by atoms with Crippen LogP contribution in [0.15, 0.2) is 36.5 Å². The van der Waals surface area contributed by atoms with Gasteiger partial charge in [0.15, 0.2) is 0 Å². The monoisotopic (exact) mass is 276 g/mol. The number of alkyl halides is 1. The Balaban J connectivity index is 2.12. The van der Waals surface area contributed by atoms with E-state index in [0.717, 1.165) is 5.56 Å². The fourth-order valence-electron chi connectivity index (χ4n) is 1.58. The van der Waals surface area contributed by atoms with Gasteiger partial charge >= 0.3 is 0 Å². The number of ether oxygens (including phenoxy) is 1. The van der Waals surface area contributed by atoms with Crippen LogP contribution in [0.25, 0.3) is 0 Å². The first kappa shape index (κ1) is 13.3. The molecule has 0 unspecified atom stereocenters. The van der Waals surface area contributed by atoms with Crippen LogP contribution in [-0.4, -0.2) is 4.98 Å². The van der Waals surface area contributed by atoms with Crippen molar-refractivity contribution in [2.75, 3.05) is 0 Å². The lowest BCUT2D eigenvalue weighted by atomic mass is 10.2. The molecule has 0 N–H and O–H groups in total. The summed E-state index contributed by atoms with van der Waals surface area (Å²) in [6, 6.07) is 9.56. The van der Waals surface area contributed by atoms with Gasteiger partial charge in [-0.15, -0.1) is 11.6 Å². The molecule has 0 atom stereocenters. The Kier molecular flexibility index (Phi) is 4.32. The summed E-state index contributed by atoms with van der Waals surface area (Å²) >= 11 is 5.73. The molecule has 0 saturated heterocycles. The normalized spacial score (nSPS) is 9.95. The summed E-state index contributed by atoms with van der Waals surface area (Å²) in [5.41, 5.74) is 1.74. The summed E-state index contributed by atoms with van der Waals surface area (Å²) in [6.07, 6.45) is 1.55. The first-order chi connectivity index (χ1) is 9.22. The molecule has 1 aromatic carbocycles. The van der Waals surface area contributed by atoms with E-state index >= 15 is 0 Å². The minimum absolute atomic E-state index is 0.173. The highest BCUT2D eigenvalue weighted by Gasteiger charge is 2.05. The zero-order chi connectivity index (χ0) is 13.7. The molecular formula is C14H10ClFN2O. The van der Waals surface area contributed by atoms with E-state index in [-0.39, 0.29) is 18.3 Å². The van der Waals surface area contributed by atoms with E-state index in [2.05, 4.69) is 4.98 Å². The summed E-state index contributed by atoms with van der Waals surface area (Å²) < 4.78 is 18.6. The number of rotatable bonds is 4. The van der Waals surface area contributed by atoms with Crippen LogP contribution >= 0.6 is 11.6 Å².